The summed E-state index contributed by atoms with van der Waals surface area (Å²) in [5.41, 5.74) is 1.80. The second-order valence-corrected chi connectivity index (χ2v) is 6.02. The van der Waals surface area contributed by atoms with Crippen molar-refractivity contribution in [2.45, 2.75) is 18.8 Å². The molecule has 2 aromatic heterocycles. The Morgan fingerprint density at radius 3 is 2.80 bits per heavy atom. The molecule has 1 aromatic carbocycles. The molecule has 1 aliphatic heterocycles. The molecule has 0 aliphatic carbocycles. The van der Waals surface area contributed by atoms with Gasteiger partial charge in [0.1, 0.15) is 5.52 Å². The highest BCUT2D eigenvalue weighted by Gasteiger charge is 2.24. The first-order chi connectivity index (χ1) is 9.90. The van der Waals surface area contributed by atoms with Crippen LogP contribution in [0.4, 0.5) is 6.01 Å². The second-order valence-electron chi connectivity index (χ2n) is 5.10. The molecule has 3 aromatic rings. The highest BCUT2D eigenvalue weighted by Crippen LogP contribution is 2.32. The van der Waals surface area contributed by atoms with Gasteiger partial charge in [0.25, 0.3) is 6.01 Å². The molecule has 0 radical (unpaired) electrons. The van der Waals surface area contributed by atoms with Crippen LogP contribution < -0.4 is 4.90 Å². The predicted molar refractivity (Wildman–Crippen MR) is 80.3 cm³/mol. The molecule has 4 nitrogen and oxygen atoms in total. The maximum Gasteiger partial charge on any atom is 0.298 e. The highest BCUT2D eigenvalue weighted by molar-refractivity contribution is 7.09. The molecule has 0 atom stereocenters. The summed E-state index contributed by atoms with van der Waals surface area (Å²) >= 11 is 1.76. The zero-order valence-electron chi connectivity index (χ0n) is 11.0. The van der Waals surface area contributed by atoms with Gasteiger partial charge in [-0.3, -0.25) is 0 Å². The zero-order chi connectivity index (χ0) is 13.4. The number of nitrogens with zero attached hydrogens (tertiary/aromatic N) is 3. The molecule has 0 unspecified atom stereocenters. The number of aromatic nitrogens is 2. The summed E-state index contributed by atoms with van der Waals surface area (Å²) in [4.78, 5) is 11.2. The average molecular weight is 285 g/mol. The fraction of sp³-hybridized carbons (Fsp3) is 0.333. The van der Waals surface area contributed by atoms with Gasteiger partial charge in [-0.2, -0.15) is 4.98 Å². The van der Waals surface area contributed by atoms with E-state index in [1.165, 1.54) is 5.01 Å². The minimum Gasteiger partial charge on any atom is -0.423 e. The van der Waals surface area contributed by atoms with Gasteiger partial charge in [-0.1, -0.05) is 12.1 Å². The molecule has 0 spiro atoms. The number of piperidine rings is 1. The smallest absolute Gasteiger partial charge is 0.298 e. The normalized spacial score (nSPS) is 16.9. The van der Waals surface area contributed by atoms with Crippen LogP contribution in [0.5, 0.6) is 0 Å². The van der Waals surface area contributed by atoms with E-state index in [0.29, 0.717) is 5.92 Å². The molecule has 5 heteroatoms. The molecule has 1 fully saturated rings. The number of hydrogen-bond donors (Lipinski definition) is 0. The average Bonchev–Trinajstić information content (AvgIpc) is 3.17. The topological polar surface area (TPSA) is 42.2 Å². The highest BCUT2D eigenvalue weighted by atomic mass is 32.1. The Kier molecular flexibility index (Phi) is 2.92. The number of rotatable bonds is 2. The number of fused-ring (bicyclic) bond motifs is 1. The second kappa shape index (κ2) is 4.90. The molecule has 1 aliphatic rings. The largest absolute Gasteiger partial charge is 0.423 e. The van der Waals surface area contributed by atoms with E-state index in [9.17, 15) is 0 Å². The quantitative estimate of drug-likeness (QED) is 0.720. The summed E-state index contributed by atoms with van der Waals surface area (Å²) in [6.07, 6.45) is 4.13. The van der Waals surface area contributed by atoms with E-state index in [-0.39, 0.29) is 0 Å². The van der Waals surface area contributed by atoms with Crippen LogP contribution in [0.15, 0.2) is 40.3 Å². The summed E-state index contributed by atoms with van der Waals surface area (Å²) in [5, 5.41) is 3.32. The SMILES string of the molecule is c1ccc2oc(N3CCC(c4nccs4)CC3)nc2c1. The van der Waals surface area contributed by atoms with Crippen molar-refractivity contribution in [3.05, 3.63) is 40.8 Å². The maximum absolute atomic E-state index is 5.84. The molecule has 0 amide bonds. The Bertz CT molecular complexity index is 666. The van der Waals surface area contributed by atoms with Crippen LogP contribution in [0.3, 0.4) is 0 Å². The first-order valence-electron chi connectivity index (χ1n) is 6.90. The fourth-order valence-corrected chi connectivity index (χ4v) is 3.56. The third-order valence-electron chi connectivity index (χ3n) is 3.85. The summed E-state index contributed by atoms with van der Waals surface area (Å²) in [6, 6.07) is 8.68. The van der Waals surface area contributed by atoms with Crippen LogP contribution in [0.1, 0.15) is 23.8 Å². The third kappa shape index (κ3) is 2.08. The molecule has 0 N–H and O–H groups in total. The minimum absolute atomic E-state index is 0.593. The summed E-state index contributed by atoms with van der Waals surface area (Å²) in [7, 11) is 0. The Morgan fingerprint density at radius 2 is 2.05 bits per heavy atom. The van der Waals surface area contributed by atoms with Crippen molar-refractivity contribution in [1.82, 2.24) is 9.97 Å². The van der Waals surface area contributed by atoms with E-state index in [2.05, 4.69) is 20.2 Å². The van der Waals surface area contributed by atoms with Gasteiger partial charge in [0, 0.05) is 30.6 Å². The van der Waals surface area contributed by atoms with Gasteiger partial charge in [-0.15, -0.1) is 11.3 Å². The molecule has 102 valence electrons. The number of para-hydroxylation sites is 2. The van der Waals surface area contributed by atoms with Crippen LogP contribution in [0.2, 0.25) is 0 Å². The van der Waals surface area contributed by atoms with Crippen LogP contribution in [0, 0.1) is 0 Å². The molecular weight excluding hydrogens is 270 g/mol. The third-order valence-corrected chi connectivity index (χ3v) is 4.79. The van der Waals surface area contributed by atoms with Crippen molar-refractivity contribution in [1.29, 1.82) is 0 Å². The number of benzene rings is 1. The van der Waals surface area contributed by atoms with Gasteiger partial charge in [0.05, 0.1) is 5.01 Å². The molecule has 3 heterocycles. The lowest BCUT2D eigenvalue weighted by atomic mass is 9.98. The number of hydrogen-bond acceptors (Lipinski definition) is 5. The standard InChI is InChI=1S/C15H15N3OS/c1-2-4-13-12(3-1)17-15(19-13)18-8-5-11(6-9-18)14-16-7-10-20-14/h1-4,7,10-11H,5-6,8-9H2. The Labute approximate surface area is 121 Å². The number of oxazole rings is 1. The van der Waals surface area contributed by atoms with Gasteiger partial charge in [0.15, 0.2) is 5.58 Å². The maximum atomic E-state index is 5.84. The molecule has 0 saturated carbocycles. The van der Waals surface area contributed by atoms with Gasteiger partial charge in [0.2, 0.25) is 0 Å². The summed E-state index contributed by atoms with van der Waals surface area (Å²) in [6.45, 7) is 1.97. The number of anilines is 1. The van der Waals surface area contributed by atoms with E-state index in [1.54, 1.807) is 11.3 Å². The van der Waals surface area contributed by atoms with Crippen LogP contribution >= 0.6 is 11.3 Å². The van der Waals surface area contributed by atoms with Gasteiger partial charge in [-0.05, 0) is 25.0 Å². The van der Waals surface area contributed by atoms with E-state index >= 15 is 0 Å². The van der Waals surface area contributed by atoms with Crippen LogP contribution in [-0.2, 0) is 0 Å². The molecule has 4 rings (SSSR count). The summed E-state index contributed by atoms with van der Waals surface area (Å²) in [5.74, 6) is 0.593. The van der Waals surface area contributed by atoms with Crippen LogP contribution in [-0.4, -0.2) is 23.1 Å². The summed E-state index contributed by atoms with van der Waals surface area (Å²) < 4.78 is 5.84. The first-order valence-corrected chi connectivity index (χ1v) is 7.78. The Hall–Kier alpha value is -1.88. The van der Waals surface area contributed by atoms with Crippen molar-refractivity contribution >= 4 is 28.5 Å². The zero-order valence-corrected chi connectivity index (χ0v) is 11.8. The van der Waals surface area contributed by atoms with E-state index in [0.717, 1.165) is 43.0 Å². The van der Waals surface area contributed by atoms with Crippen LogP contribution in [0.25, 0.3) is 11.1 Å². The molecule has 1 saturated heterocycles. The number of thiazole rings is 1. The van der Waals surface area contributed by atoms with Crippen molar-refractivity contribution in [3.8, 4) is 0 Å². The fourth-order valence-electron chi connectivity index (χ4n) is 2.75. The van der Waals surface area contributed by atoms with Gasteiger partial charge in [-0.25, -0.2) is 4.98 Å². The van der Waals surface area contributed by atoms with E-state index in [4.69, 9.17) is 4.42 Å². The molecule has 20 heavy (non-hydrogen) atoms. The monoisotopic (exact) mass is 285 g/mol. The Balaban J connectivity index is 1.51. The van der Waals surface area contributed by atoms with Gasteiger partial charge >= 0.3 is 0 Å². The predicted octanol–water partition coefficient (Wildman–Crippen LogP) is 3.67. The first kappa shape index (κ1) is 11.9. The lowest BCUT2D eigenvalue weighted by molar-refractivity contribution is 0.467. The van der Waals surface area contributed by atoms with Crippen molar-refractivity contribution in [2.24, 2.45) is 0 Å². The minimum atomic E-state index is 0.593. The van der Waals surface area contributed by atoms with Crippen molar-refractivity contribution in [2.75, 3.05) is 18.0 Å². The molecule has 0 bridgehead atoms. The molecular formula is C15H15N3OS. The lowest BCUT2D eigenvalue weighted by Crippen LogP contribution is -2.33. The van der Waals surface area contributed by atoms with E-state index in [1.807, 2.05) is 30.5 Å². The van der Waals surface area contributed by atoms with Gasteiger partial charge < -0.3 is 9.32 Å². The lowest BCUT2D eigenvalue weighted by Gasteiger charge is -2.29. The van der Waals surface area contributed by atoms with Crippen molar-refractivity contribution < 1.29 is 4.42 Å². The van der Waals surface area contributed by atoms with Crippen molar-refractivity contribution in [3.63, 3.8) is 0 Å². The Morgan fingerprint density at radius 1 is 1.20 bits per heavy atom. The van der Waals surface area contributed by atoms with E-state index < -0.39 is 0 Å².